The van der Waals surface area contributed by atoms with E-state index in [0.717, 1.165) is 19.3 Å². The van der Waals surface area contributed by atoms with Crippen molar-refractivity contribution in [3.05, 3.63) is 12.2 Å². The van der Waals surface area contributed by atoms with E-state index in [1.807, 2.05) is 6.92 Å². The van der Waals surface area contributed by atoms with E-state index in [1.54, 1.807) is 6.08 Å². The summed E-state index contributed by atoms with van der Waals surface area (Å²) >= 11 is 0. The van der Waals surface area contributed by atoms with Crippen LogP contribution in [0.5, 0.6) is 0 Å². The molecule has 1 rings (SSSR count). The van der Waals surface area contributed by atoms with E-state index < -0.39 is 48.7 Å². The van der Waals surface area contributed by atoms with Crippen molar-refractivity contribution >= 4 is 6.09 Å². The zero-order chi connectivity index (χ0) is 35.2. The van der Waals surface area contributed by atoms with E-state index in [-0.39, 0.29) is 13.0 Å². The van der Waals surface area contributed by atoms with Gasteiger partial charge >= 0.3 is 6.09 Å². The van der Waals surface area contributed by atoms with Crippen LogP contribution < -0.4 is 10.6 Å². The molecule has 9 nitrogen and oxygen atoms in total. The molecule has 0 fully saturated rings. The smallest absolute Gasteiger partial charge is 0.407 e. The summed E-state index contributed by atoms with van der Waals surface area (Å²) in [6.45, 7) is 4.48. The number of rotatable bonds is 31. The Kier molecular flexibility index (Phi) is 28.5. The summed E-state index contributed by atoms with van der Waals surface area (Å²) in [5.74, 6) is 0. The summed E-state index contributed by atoms with van der Waals surface area (Å²) in [7, 11) is 0. The third-order valence-electron chi connectivity index (χ3n) is 9.92. The first-order valence-electron chi connectivity index (χ1n) is 20.0. The van der Waals surface area contributed by atoms with Crippen molar-refractivity contribution in [3.8, 4) is 0 Å². The Morgan fingerprint density at radius 2 is 1.17 bits per heavy atom. The monoisotopic (exact) mass is 685 g/mol. The number of nitrogens with one attached hydrogen (secondary N) is 2. The number of hydrogen-bond donors (Lipinski definition) is 7. The van der Waals surface area contributed by atoms with Gasteiger partial charge in [-0.3, -0.25) is 0 Å². The van der Waals surface area contributed by atoms with Gasteiger partial charge < -0.3 is 40.9 Å². The standard InChI is InChI=1S/C39H76N2O7/c1-3-5-6-7-8-9-10-11-12-13-14-15-16-17-18-19-20-21-22-23-24-25-29-48-39(47)41-34(36(44)30-32(42)4-2)31-40-33-27-26-28-35(43)38(46)37(33)45/h26,28,32-38,40,42-46H,3-25,27,29-31H2,1-2H3,(H,41,47). The van der Waals surface area contributed by atoms with E-state index in [2.05, 4.69) is 17.6 Å². The largest absolute Gasteiger partial charge is 0.450 e. The first kappa shape index (κ1) is 44.8. The Morgan fingerprint density at radius 3 is 1.62 bits per heavy atom. The van der Waals surface area contributed by atoms with E-state index in [1.165, 1.54) is 128 Å². The van der Waals surface area contributed by atoms with Crippen molar-refractivity contribution in [2.24, 2.45) is 0 Å². The zero-order valence-electron chi connectivity index (χ0n) is 30.8. The van der Waals surface area contributed by atoms with E-state index in [4.69, 9.17) is 4.74 Å². The number of amides is 1. The van der Waals surface area contributed by atoms with Gasteiger partial charge in [-0.1, -0.05) is 161 Å². The fraction of sp³-hybridized carbons (Fsp3) is 0.923. The summed E-state index contributed by atoms with van der Waals surface area (Å²) in [5.41, 5.74) is 0. The van der Waals surface area contributed by atoms with Crippen LogP contribution in [0.2, 0.25) is 0 Å². The number of unbranched alkanes of at least 4 members (excludes halogenated alkanes) is 21. The van der Waals surface area contributed by atoms with Crippen molar-refractivity contribution in [2.75, 3.05) is 13.2 Å². The Labute approximate surface area is 293 Å². The molecular weight excluding hydrogens is 608 g/mol. The number of ether oxygens (including phenoxy) is 1. The molecule has 1 amide bonds. The maximum atomic E-state index is 12.5. The fourth-order valence-electron chi connectivity index (χ4n) is 6.50. The minimum Gasteiger partial charge on any atom is -0.450 e. The van der Waals surface area contributed by atoms with Gasteiger partial charge in [0.2, 0.25) is 0 Å². The third-order valence-corrected chi connectivity index (χ3v) is 9.92. The van der Waals surface area contributed by atoms with Gasteiger partial charge in [0, 0.05) is 19.0 Å². The zero-order valence-corrected chi connectivity index (χ0v) is 30.8. The Morgan fingerprint density at radius 1 is 0.708 bits per heavy atom. The highest BCUT2D eigenvalue weighted by Gasteiger charge is 2.33. The number of hydrogen-bond acceptors (Lipinski definition) is 8. The Hall–Kier alpha value is -1.23. The van der Waals surface area contributed by atoms with Crippen molar-refractivity contribution in [2.45, 2.75) is 217 Å². The van der Waals surface area contributed by atoms with E-state index in [9.17, 15) is 30.3 Å². The molecule has 0 aromatic carbocycles. The molecule has 1 aliphatic carbocycles. The minimum atomic E-state index is -1.34. The molecule has 0 aliphatic heterocycles. The van der Waals surface area contributed by atoms with Gasteiger partial charge in [-0.15, -0.1) is 0 Å². The Bertz CT molecular complexity index is 771. The number of carbonyl (C=O) groups is 1. The van der Waals surface area contributed by atoms with Crippen molar-refractivity contribution < 1.29 is 35.1 Å². The number of carbonyl (C=O) groups excluding carboxylic acids is 1. The van der Waals surface area contributed by atoms with Crippen molar-refractivity contribution in [3.63, 3.8) is 0 Å². The maximum Gasteiger partial charge on any atom is 0.407 e. The summed E-state index contributed by atoms with van der Waals surface area (Å²) in [4.78, 5) is 12.5. The van der Waals surface area contributed by atoms with Gasteiger partial charge in [-0.2, -0.15) is 0 Å². The molecule has 0 spiro atoms. The first-order valence-corrected chi connectivity index (χ1v) is 20.0. The SMILES string of the molecule is CCCCCCCCCCCCCCCCCCCCCCCCOC(=O)NC(CNC1CC=CC(O)C(O)C1O)C(O)CC(O)CC. The van der Waals surface area contributed by atoms with Gasteiger partial charge in [0.1, 0.15) is 12.2 Å². The number of aliphatic hydroxyl groups is 5. The molecule has 7 unspecified atom stereocenters. The van der Waals surface area contributed by atoms with Crippen LogP contribution >= 0.6 is 0 Å². The van der Waals surface area contributed by atoms with Crippen LogP contribution in [0.25, 0.3) is 0 Å². The molecule has 0 heterocycles. The summed E-state index contributed by atoms with van der Waals surface area (Å²) < 4.78 is 5.38. The minimum absolute atomic E-state index is 0.0804. The molecule has 7 atom stereocenters. The maximum absolute atomic E-state index is 12.5. The number of alkyl carbamates (subject to hydrolysis) is 1. The molecule has 0 bridgehead atoms. The lowest BCUT2D eigenvalue weighted by Gasteiger charge is -2.30. The van der Waals surface area contributed by atoms with Crippen molar-refractivity contribution in [1.82, 2.24) is 10.6 Å². The topological polar surface area (TPSA) is 152 Å². The Balaban J connectivity index is 2.06. The fourth-order valence-corrected chi connectivity index (χ4v) is 6.50. The van der Waals surface area contributed by atoms with Gasteiger partial charge in [0.05, 0.1) is 31.0 Å². The van der Waals surface area contributed by atoms with Crippen LogP contribution in [-0.2, 0) is 4.74 Å². The van der Waals surface area contributed by atoms with Gasteiger partial charge in [0.15, 0.2) is 0 Å². The molecule has 1 aliphatic rings. The molecule has 284 valence electrons. The molecule has 0 saturated carbocycles. The normalized spacial score (nSPS) is 21.5. The summed E-state index contributed by atoms with van der Waals surface area (Å²) in [5, 5.41) is 56.9. The number of aliphatic hydroxyl groups excluding tert-OH is 5. The first-order chi connectivity index (χ1) is 23.3. The average molecular weight is 685 g/mol. The molecule has 0 aromatic heterocycles. The lowest BCUT2D eigenvalue weighted by atomic mass is 10.00. The van der Waals surface area contributed by atoms with Gasteiger partial charge in [-0.05, 0) is 19.3 Å². The molecule has 9 heteroatoms. The quantitative estimate of drug-likeness (QED) is 0.0299. The molecular formula is C39H76N2O7. The average Bonchev–Trinajstić information content (AvgIpc) is 3.19. The van der Waals surface area contributed by atoms with Gasteiger partial charge in [0.25, 0.3) is 0 Å². The predicted molar refractivity (Wildman–Crippen MR) is 196 cm³/mol. The highest BCUT2D eigenvalue weighted by molar-refractivity contribution is 5.67. The van der Waals surface area contributed by atoms with Crippen LogP contribution in [0.1, 0.15) is 174 Å². The molecule has 0 saturated heterocycles. The van der Waals surface area contributed by atoms with E-state index in [0.29, 0.717) is 19.4 Å². The molecule has 7 N–H and O–H groups in total. The highest BCUT2D eigenvalue weighted by atomic mass is 16.5. The van der Waals surface area contributed by atoms with Crippen LogP contribution in [0, 0.1) is 0 Å². The summed E-state index contributed by atoms with van der Waals surface area (Å²) in [6.07, 6.45) is 27.0. The van der Waals surface area contributed by atoms with Crippen LogP contribution in [0.4, 0.5) is 4.79 Å². The molecule has 0 aromatic rings. The predicted octanol–water partition coefficient (Wildman–Crippen LogP) is 7.21. The summed E-state index contributed by atoms with van der Waals surface area (Å²) in [6, 6.07) is -1.36. The van der Waals surface area contributed by atoms with Crippen LogP contribution in [-0.4, -0.2) is 87.4 Å². The van der Waals surface area contributed by atoms with Crippen molar-refractivity contribution in [1.29, 1.82) is 0 Å². The second-order valence-corrected chi connectivity index (χ2v) is 14.3. The van der Waals surface area contributed by atoms with Crippen LogP contribution in [0.3, 0.4) is 0 Å². The third kappa shape index (κ3) is 23.2. The van der Waals surface area contributed by atoms with E-state index >= 15 is 0 Å². The highest BCUT2D eigenvalue weighted by Crippen LogP contribution is 2.17. The lowest BCUT2D eigenvalue weighted by molar-refractivity contribution is -0.0532. The second kappa shape index (κ2) is 30.6. The lowest BCUT2D eigenvalue weighted by Crippen LogP contribution is -2.55. The molecule has 48 heavy (non-hydrogen) atoms. The molecule has 0 radical (unpaired) electrons. The van der Waals surface area contributed by atoms with Gasteiger partial charge in [-0.25, -0.2) is 4.79 Å². The second-order valence-electron chi connectivity index (χ2n) is 14.3. The van der Waals surface area contributed by atoms with Crippen LogP contribution in [0.15, 0.2) is 12.2 Å².